The molecule has 0 radical (unpaired) electrons. The van der Waals surface area contributed by atoms with Gasteiger partial charge >= 0.3 is 0 Å². The highest BCUT2D eigenvalue weighted by atomic mass is 16.6. The first-order valence-electron chi connectivity index (χ1n) is 7.83. The Kier molecular flexibility index (Phi) is 4.74. The minimum absolute atomic E-state index is 0.159. The van der Waals surface area contributed by atoms with Crippen LogP contribution >= 0.6 is 0 Å². The molecule has 0 aliphatic carbocycles. The smallest absolute Gasteiger partial charge is 0.237 e. The zero-order valence-corrected chi connectivity index (χ0v) is 13.1. The number of nitro groups is 1. The Bertz CT molecular complexity index is 733. The van der Waals surface area contributed by atoms with Gasteiger partial charge in [-0.15, -0.1) is 0 Å². The summed E-state index contributed by atoms with van der Waals surface area (Å²) in [6.07, 6.45) is 0.435. The van der Waals surface area contributed by atoms with Crippen LogP contribution in [0.1, 0.15) is 30.0 Å². The average molecular weight is 326 g/mol. The largest absolute Gasteiger partial charge is 0.489 e. The third-order valence-corrected chi connectivity index (χ3v) is 4.10. The van der Waals surface area contributed by atoms with Gasteiger partial charge in [-0.2, -0.15) is 0 Å². The molecule has 6 nitrogen and oxygen atoms in total. The minimum atomic E-state index is -0.813. The molecule has 1 N–H and O–H groups in total. The first-order valence-corrected chi connectivity index (χ1v) is 7.83. The lowest BCUT2D eigenvalue weighted by molar-refractivity contribution is -0.529. The molecule has 1 aliphatic rings. The summed E-state index contributed by atoms with van der Waals surface area (Å²) in [5.41, 5.74) is 1.73. The molecule has 1 aliphatic heterocycles. The normalized spacial score (nSPS) is 20.2. The molecule has 0 spiro atoms. The predicted molar refractivity (Wildman–Crippen MR) is 88.1 cm³/mol. The number of carbonyl (C=O) groups excluding carboxylic acids is 1. The maximum atomic E-state index is 11.6. The van der Waals surface area contributed by atoms with Gasteiger partial charge in [0, 0.05) is 17.8 Å². The molecule has 1 heterocycles. The van der Waals surface area contributed by atoms with Crippen molar-refractivity contribution in [3.8, 4) is 5.75 Å². The summed E-state index contributed by atoms with van der Waals surface area (Å²) >= 11 is 0. The van der Waals surface area contributed by atoms with Crippen LogP contribution in [0.4, 0.5) is 0 Å². The van der Waals surface area contributed by atoms with Crippen LogP contribution in [-0.4, -0.2) is 16.9 Å². The second-order valence-corrected chi connectivity index (χ2v) is 5.78. The topological polar surface area (TPSA) is 81.5 Å². The number of nitrogens with zero attached hydrogens (tertiary/aromatic N) is 1. The third-order valence-electron chi connectivity index (χ3n) is 4.10. The van der Waals surface area contributed by atoms with Gasteiger partial charge in [-0.05, 0) is 23.3 Å². The van der Waals surface area contributed by atoms with Crippen LogP contribution in [0.2, 0.25) is 0 Å². The number of amides is 1. The van der Waals surface area contributed by atoms with Crippen molar-refractivity contribution >= 4 is 5.91 Å². The molecule has 3 rings (SSSR count). The number of hydrogen-bond donors (Lipinski definition) is 1. The van der Waals surface area contributed by atoms with Crippen molar-refractivity contribution in [1.82, 2.24) is 5.32 Å². The molecule has 1 saturated heterocycles. The van der Waals surface area contributed by atoms with Gasteiger partial charge in [0.25, 0.3) is 0 Å². The Hall–Kier alpha value is -2.89. The lowest BCUT2D eigenvalue weighted by Crippen LogP contribution is -2.45. The van der Waals surface area contributed by atoms with Gasteiger partial charge in [-0.1, -0.05) is 42.5 Å². The molecule has 2 aromatic rings. The first kappa shape index (κ1) is 16.0. The summed E-state index contributed by atoms with van der Waals surface area (Å²) in [5.74, 6) is 0.465. The van der Waals surface area contributed by atoms with Gasteiger partial charge in [0.05, 0.1) is 0 Å². The minimum Gasteiger partial charge on any atom is -0.489 e. The van der Waals surface area contributed by atoms with Gasteiger partial charge in [0.1, 0.15) is 18.4 Å². The summed E-state index contributed by atoms with van der Waals surface area (Å²) in [4.78, 5) is 22.6. The molecule has 0 unspecified atom stereocenters. The van der Waals surface area contributed by atoms with Gasteiger partial charge < -0.3 is 10.1 Å². The lowest BCUT2D eigenvalue weighted by Gasteiger charge is -2.27. The van der Waals surface area contributed by atoms with E-state index in [1.807, 2.05) is 30.3 Å². The summed E-state index contributed by atoms with van der Waals surface area (Å²) in [5, 5.41) is 14.0. The monoisotopic (exact) mass is 326 g/mol. The standard InChI is InChI=1S/C18H18N2O4/c21-17-10-9-16(20(22)23)18(19-17)14-7-4-8-15(11-14)24-12-13-5-2-1-3-6-13/h1-8,11,16,18H,9-10,12H2,(H,19,21)/t16-,18-/m1/s1. The maximum Gasteiger partial charge on any atom is 0.237 e. The molecular weight excluding hydrogens is 308 g/mol. The van der Waals surface area contributed by atoms with E-state index in [1.165, 1.54) is 0 Å². The number of hydrogen-bond acceptors (Lipinski definition) is 4. The van der Waals surface area contributed by atoms with Crippen LogP contribution in [0.15, 0.2) is 54.6 Å². The van der Waals surface area contributed by atoms with Crippen molar-refractivity contribution in [2.45, 2.75) is 31.5 Å². The van der Waals surface area contributed by atoms with Crippen molar-refractivity contribution in [2.75, 3.05) is 0 Å². The molecule has 1 amide bonds. The molecule has 0 aromatic heterocycles. The average Bonchev–Trinajstić information content (AvgIpc) is 2.61. The van der Waals surface area contributed by atoms with E-state index in [-0.39, 0.29) is 23.7 Å². The van der Waals surface area contributed by atoms with Crippen molar-refractivity contribution in [1.29, 1.82) is 0 Å². The van der Waals surface area contributed by atoms with Crippen LogP contribution in [0, 0.1) is 10.1 Å². The summed E-state index contributed by atoms with van der Waals surface area (Å²) in [6.45, 7) is 0.417. The fourth-order valence-corrected chi connectivity index (χ4v) is 2.86. The number of benzene rings is 2. The fraction of sp³-hybridized carbons (Fsp3) is 0.278. The molecule has 6 heteroatoms. The highest BCUT2D eigenvalue weighted by Crippen LogP contribution is 2.28. The second kappa shape index (κ2) is 7.12. The quantitative estimate of drug-likeness (QED) is 0.676. The Balaban J connectivity index is 1.76. The van der Waals surface area contributed by atoms with E-state index in [1.54, 1.807) is 24.3 Å². The summed E-state index contributed by atoms with van der Waals surface area (Å²) in [6, 6.07) is 15.4. The predicted octanol–water partition coefficient (Wildman–Crippen LogP) is 2.86. The number of ether oxygens (including phenoxy) is 1. The number of nitrogens with one attached hydrogen (secondary N) is 1. The van der Waals surface area contributed by atoms with E-state index in [9.17, 15) is 14.9 Å². The van der Waals surface area contributed by atoms with Crippen molar-refractivity contribution in [3.05, 3.63) is 75.8 Å². The van der Waals surface area contributed by atoms with E-state index < -0.39 is 12.1 Å². The molecule has 124 valence electrons. The molecular formula is C18H18N2O4. The molecule has 1 fully saturated rings. The highest BCUT2D eigenvalue weighted by molar-refractivity contribution is 5.77. The van der Waals surface area contributed by atoms with Gasteiger partial charge in [0.2, 0.25) is 11.9 Å². The van der Waals surface area contributed by atoms with Crippen molar-refractivity contribution in [3.63, 3.8) is 0 Å². The molecule has 0 bridgehead atoms. The van der Waals surface area contributed by atoms with Crippen LogP contribution in [0.5, 0.6) is 5.75 Å². The van der Waals surface area contributed by atoms with Crippen LogP contribution in [0.25, 0.3) is 0 Å². The molecule has 0 saturated carbocycles. The number of rotatable bonds is 5. The van der Waals surface area contributed by atoms with E-state index in [2.05, 4.69) is 5.32 Å². The Morgan fingerprint density at radius 3 is 2.71 bits per heavy atom. The summed E-state index contributed by atoms with van der Waals surface area (Å²) in [7, 11) is 0. The zero-order chi connectivity index (χ0) is 16.9. The van der Waals surface area contributed by atoms with Gasteiger partial charge in [0.15, 0.2) is 0 Å². The molecule has 2 atom stereocenters. The number of piperidine rings is 1. The van der Waals surface area contributed by atoms with E-state index in [4.69, 9.17) is 4.74 Å². The Morgan fingerprint density at radius 2 is 1.96 bits per heavy atom. The second-order valence-electron chi connectivity index (χ2n) is 5.78. The fourth-order valence-electron chi connectivity index (χ4n) is 2.86. The lowest BCUT2D eigenvalue weighted by atomic mass is 9.92. The van der Waals surface area contributed by atoms with Crippen molar-refractivity contribution in [2.24, 2.45) is 0 Å². The van der Waals surface area contributed by atoms with Gasteiger partial charge in [-0.3, -0.25) is 14.9 Å². The van der Waals surface area contributed by atoms with E-state index in [0.29, 0.717) is 17.9 Å². The molecule has 2 aromatic carbocycles. The SMILES string of the molecule is O=C1CC[C@@H]([N+](=O)[O-])[C@@H](c2cccc(OCc3ccccc3)c2)N1. The van der Waals surface area contributed by atoms with Gasteiger partial charge in [-0.25, -0.2) is 0 Å². The Morgan fingerprint density at radius 1 is 1.17 bits per heavy atom. The maximum absolute atomic E-state index is 11.6. The highest BCUT2D eigenvalue weighted by Gasteiger charge is 2.38. The van der Waals surface area contributed by atoms with Crippen LogP contribution < -0.4 is 10.1 Å². The van der Waals surface area contributed by atoms with Crippen molar-refractivity contribution < 1.29 is 14.5 Å². The zero-order valence-electron chi connectivity index (χ0n) is 13.1. The Labute approximate surface area is 139 Å². The van der Waals surface area contributed by atoms with E-state index in [0.717, 1.165) is 5.56 Å². The van der Waals surface area contributed by atoms with Crippen LogP contribution in [0.3, 0.4) is 0 Å². The number of carbonyl (C=O) groups is 1. The van der Waals surface area contributed by atoms with E-state index >= 15 is 0 Å². The first-order chi connectivity index (χ1) is 11.6. The third kappa shape index (κ3) is 3.71. The molecule has 24 heavy (non-hydrogen) atoms. The van der Waals surface area contributed by atoms with Crippen LogP contribution in [-0.2, 0) is 11.4 Å². The summed E-state index contributed by atoms with van der Waals surface area (Å²) < 4.78 is 5.76.